The van der Waals surface area contributed by atoms with E-state index in [1.165, 1.54) is 6.08 Å². The Morgan fingerprint density at radius 1 is 1.17 bits per heavy atom. The van der Waals surface area contributed by atoms with Crippen molar-refractivity contribution in [2.24, 2.45) is 0 Å². The van der Waals surface area contributed by atoms with Gasteiger partial charge in [-0.1, -0.05) is 30.8 Å². The number of likely N-dealkylation sites (N-methyl/N-ethyl adjacent to an activating group) is 1. The van der Waals surface area contributed by atoms with Crippen molar-refractivity contribution in [3.05, 3.63) is 60.3 Å². The molecule has 1 saturated heterocycles. The molecular formula is C31H40N6O4. The van der Waals surface area contributed by atoms with Crippen molar-refractivity contribution in [1.29, 1.82) is 0 Å². The summed E-state index contributed by atoms with van der Waals surface area (Å²) in [6.07, 6.45) is 3.42. The van der Waals surface area contributed by atoms with Crippen molar-refractivity contribution < 1.29 is 19.7 Å². The monoisotopic (exact) mass is 560 g/mol. The average molecular weight is 561 g/mol. The Morgan fingerprint density at radius 2 is 2.00 bits per heavy atom. The van der Waals surface area contributed by atoms with Gasteiger partial charge in [0.25, 0.3) is 0 Å². The summed E-state index contributed by atoms with van der Waals surface area (Å²) < 4.78 is 6.05. The summed E-state index contributed by atoms with van der Waals surface area (Å²) in [6.45, 7) is 8.08. The van der Waals surface area contributed by atoms with E-state index in [1.807, 2.05) is 43.3 Å². The van der Waals surface area contributed by atoms with Crippen LogP contribution < -0.4 is 14.5 Å². The highest BCUT2D eigenvalue weighted by molar-refractivity contribution is 5.95. The number of aromatic nitrogens is 2. The van der Waals surface area contributed by atoms with E-state index < -0.39 is 0 Å². The van der Waals surface area contributed by atoms with Gasteiger partial charge >= 0.3 is 6.01 Å². The number of anilines is 2. The van der Waals surface area contributed by atoms with Crippen LogP contribution in [-0.4, -0.2) is 102 Å². The molecule has 2 aromatic carbocycles. The highest BCUT2D eigenvalue weighted by Crippen LogP contribution is 2.36. The first-order chi connectivity index (χ1) is 19.9. The van der Waals surface area contributed by atoms with Gasteiger partial charge in [0.05, 0.1) is 12.2 Å². The van der Waals surface area contributed by atoms with Crippen molar-refractivity contribution >= 4 is 28.2 Å². The van der Waals surface area contributed by atoms with Crippen LogP contribution in [-0.2, 0) is 17.8 Å². The van der Waals surface area contributed by atoms with Crippen LogP contribution in [0, 0.1) is 0 Å². The molecule has 218 valence electrons. The summed E-state index contributed by atoms with van der Waals surface area (Å²) in [6, 6.07) is 12.0. The second kappa shape index (κ2) is 12.7. The molecule has 0 radical (unpaired) electrons. The van der Waals surface area contributed by atoms with Gasteiger partial charge in [0, 0.05) is 68.1 Å². The SMILES string of the molecule is C=CC(=O)N1CCN(c2nc(OCCN(C)C)nc3c2CCN(c2cc(O)cc4ccccc24)C3)CC1CCCO. The Kier molecular flexibility index (Phi) is 8.90. The Balaban J connectivity index is 1.48. The molecule has 3 aromatic rings. The first kappa shape index (κ1) is 28.6. The van der Waals surface area contributed by atoms with E-state index in [0.29, 0.717) is 51.6 Å². The van der Waals surface area contributed by atoms with Gasteiger partial charge in [0.15, 0.2) is 0 Å². The standard InChI is InChI=1S/C31H40N6O4/c1-4-29(40)37-14-13-36(20-23(37)9-7-16-38)30-26-11-12-35(21-27(26)32-31(33-30)41-17-15-34(2)3)28-19-24(39)18-22-8-5-6-10-25(22)28/h4-6,8,10,18-19,23,38-39H,1,7,9,11-17,20-21H2,2-3H3. The molecule has 5 rings (SSSR count). The number of piperazine rings is 1. The van der Waals surface area contributed by atoms with Gasteiger partial charge in [-0.3, -0.25) is 4.79 Å². The quantitative estimate of drug-likeness (QED) is 0.362. The summed E-state index contributed by atoms with van der Waals surface area (Å²) in [4.78, 5) is 30.8. The molecule has 0 aliphatic carbocycles. The minimum Gasteiger partial charge on any atom is -0.508 e. The van der Waals surface area contributed by atoms with Gasteiger partial charge in [-0.15, -0.1) is 0 Å². The predicted octanol–water partition coefficient (Wildman–Crippen LogP) is 2.81. The summed E-state index contributed by atoms with van der Waals surface area (Å²) in [5.74, 6) is 1.01. The average Bonchev–Trinajstić information content (AvgIpc) is 2.98. The number of aliphatic hydroxyl groups is 1. The fraction of sp³-hybridized carbons (Fsp3) is 0.452. The van der Waals surface area contributed by atoms with Crippen LogP contribution >= 0.6 is 0 Å². The van der Waals surface area contributed by atoms with Crippen molar-refractivity contribution in [2.45, 2.75) is 31.8 Å². The van der Waals surface area contributed by atoms with Crippen LogP contribution in [0.1, 0.15) is 24.1 Å². The van der Waals surface area contributed by atoms with E-state index in [9.17, 15) is 15.0 Å². The second-order valence-corrected chi connectivity index (χ2v) is 11.0. The molecule has 0 saturated carbocycles. The first-order valence-corrected chi connectivity index (χ1v) is 14.3. The molecule has 2 aliphatic rings. The third-order valence-corrected chi connectivity index (χ3v) is 7.89. The Morgan fingerprint density at radius 3 is 2.78 bits per heavy atom. The number of nitrogens with zero attached hydrogens (tertiary/aromatic N) is 6. The van der Waals surface area contributed by atoms with E-state index in [-0.39, 0.29) is 24.3 Å². The lowest BCUT2D eigenvalue weighted by Crippen LogP contribution is -2.55. The zero-order chi connectivity index (χ0) is 28.9. The molecule has 10 heteroatoms. The third-order valence-electron chi connectivity index (χ3n) is 7.89. The number of fused-ring (bicyclic) bond motifs is 2. The molecule has 2 aliphatic heterocycles. The number of amides is 1. The fourth-order valence-corrected chi connectivity index (χ4v) is 5.81. The zero-order valence-corrected chi connectivity index (χ0v) is 24.0. The lowest BCUT2D eigenvalue weighted by molar-refractivity contribution is -0.128. The molecule has 1 aromatic heterocycles. The number of ether oxygens (including phenoxy) is 1. The molecule has 2 N–H and O–H groups in total. The molecule has 41 heavy (non-hydrogen) atoms. The maximum atomic E-state index is 12.6. The third kappa shape index (κ3) is 6.39. The molecular weight excluding hydrogens is 520 g/mol. The van der Waals surface area contributed by atoms with Crippen LogP contribution in [0.3, 0.4) is 0 Å². The number of hydrogen-bond acceptors (Lipinski definition) is 9. The van der Waals surface area contributed by atoms with Gasteiger partial charge in [0.2, 0.25) is 5.91 Å². The lowest BCUT2D eigenvalue weighted by atomic mass is 10.0. The summed E-state index contributed by atoms with van der Waals surface area (Å²) in [5, 5.41) is 22.0. The Hall–Kier alpha value is -3.89. The number of benzene rings is 2. The fourth-order valence-electron chi connectivity index (χ4n) is 5.81. The molecule has 1 fully saturated rings. The minimum absolute atomic E-state index is 0.0520. The van der Waals surface area contributed by atoms with Crippen LogP contribution in [0.15, 0.2) is 49.1 Å². The first-order valence-electron chi connectivity index (χ1n) is 14.3. The number of hydrogen-bond donors (Lipinski definition) is 2. The van der Waals surface area contributed by atoms with E-state index in [4.69, 9.17) is 14.7 Å². The normalized spacial score (nSPS) is 17.2. The van der Waals surface area contributed by atoms with Gasteiger partial charge in [-0.25, -0.2) is 0 Å². The second-order valence-electron chi connectivity index (χ2n) is 11.0. The van der Waals surface area contributed by atoms with Crippen LogP contribution in [0.2, 0.25) is 0 Å². The zero-order valence-electron chi connectivity index (χ0n) is 24.0. The smallest absolute Gasteiger partial charge is 0.318 e. The molecule has 1 atom stereocenters. The topological polar surface area (TPSA) is 106 Å². The van der Waals surface area contributed by atoms with Gasteiger partial charge < -0.3 is 34.5 Å². The molecule has 3 heterocycles. The molecule has 0 spiro atoms. The predicted molar refractivity (Wildman–Crippen MR) is 161 cm³/mol. The van der Waals surface area contributed by atoms with E-state index in [0.717, 1.165) is 53.0 Å². The van der Waals surface area contributed by atoms with E-state index in [2.05, 4.69) is 27.3 Å². The number of aromatic hydroxyl groups is 1. The van der Waals surface area contributed by atoms with Crippen LogP contribution in [0.25, 0.3) is 10.8 Å². The summed E-state index contributed by atoms with van der Waals surface area (Å²) in [7, 11) is 3.99. The van der Waals surface area contributed by atoms with Gasteiger partial charge in [0.1, 0.15) is 18.2 Å². The number of carbonyl (C=O) groups is 1. The largest absolute Gasteiger partial charge is 0.508 e. The molecule has 0 bridgehead atoms. The van der Waals surface area contributed by atoms with E-state index >= 15 is 0 Å². The number of rotatable bonds is 10. The van der Waals surface area contributed by atoms with E-state index in [1.54, 1.807) is 6.07 Å². The molecule has 1 unspecified atom stereocenters. The Bertz CT molecular complexity index is 1400. The summed E-state index contributed by atoms with van der Waals surface area (Å²) in [5.41, 5.74) is 2.97. The Labute approximate surface area is 241 Å². The molecule has 1 amide bonds. The lowest BCUT2D eigenvalue weighted by Gasteiger charge is -2.43. The van der Waals surface area contributed by atoms with Gasteiger partial charge in [-0.2, -0.15) is 9.97 Å². The van der Waals surface area contributed by atoms with Crippen molar-refractivity contribution in [1.82, 2.24) is 19.8 Å². The van der Waals surface area contributed by atoms with Crippen LogP contribution in [0.4, 0.5) is 11.5 Å². The summed E-state index contributed by atoms with van der Waals surface area (Å²) >= 11 is 0. The van der Waals surface area contributed by atoms with Gasteiger partial charge in [-0.05, 0) is 50.9 Å². The highest BCUT2D eigenvalue weighted by atomic mass is 16.5. The highest BCUT2D eigenvalue weighted by Gasteiger charge is 2.33. The van der Waals surface area contributed by atoms with Crippen molar-refractivity contribution in [3.63, 3.8) is 0 Å². The van der Waals surface area contributed by atoms with Crippen molar-refractivity contribution in [3.8, 4) is 11.8 Å². The number of phenols is 1. The molecule has 10 nitrogen and oxygen atoms in total. The number of carbonyl (C=O) groups excluding carboxylic acids is 1. The maximum Gasteiger partial charge on any atom is 0.318 e. The number of phenolic OH excluding ortho intramolecular Hbond substituents is 1. The van der Waals surface area contributed by atoms with Crippen molar-refractivity contribution in [2.75, 3.05) is 69.8 Å². The minimum atomic E-state index is -0.0843. The number of aliphatic hydroxyl groups excluding tert-OH is 1. The maximum absolute atomic E-state index is 12.6. The van der Waals surface area contributed by atoms with Crippen LogP contribution in [0.5, 0.6) is 11.8 Å².